The molecule has 1 amide bonds. The van der Waals surface area contributed by atoms with Gasteiger partial charge in [0.15, 0.2) is 0 Å². The number of nitrogens with zero attached hydrogens (tertiary/aromatic N) is 1. The number of aromatic nitrogens is 1. The van der Waals surface area contributed by atoms with Crippen molar-refractivity contribution in [3.8, 4) is 0 Å². The molecule has 0 atom stereocenters. The van der Waals surface area contributed by atoms with Crippen LogP contribution in [0, 0.1) is 6.92 Å². The molecule has 0 aliphatic rings. The summed E-state index contributed by atoms with van der Waals surface area (Å²) in [6.45, 7) is 2.63. The Balaban J connectivity index is 2.03. The van der Waals surface area contributed by atoms with Gasteiger partial charge in [-0.25, -0.2) is 0 Å². The summed E-state index contributed by atoms with van der Waals surface area (Å²) in [5, 5.41) is 7.07. The van der Waals surface area contributed by atoms with Crippen molar-refractivity contribution in [1.29, 1.82) is 0 Å². The first-order valence-corrected chi connectivity index (χ1v) is 6.93. The minimum Gasteiger partial charge on any atom is -0.347 e. The van der Waals surface area contributed by atoms with Crippen LogP contribution in [-0.2, 0) is 13.6 Å². The highest BCUT2D eigenvalue weighted by Gasteiger charge is 2.11. The van der Waals surface area contributed by atoms with Crippen LogP contribution < -0.4 is 5.32 Å². The van der Waals surface area contributed by atoms with Gasteiger partial charge in [-0.1, -0.05) is 0 Å². The summed E-state index contributed by atoms with van der Waals surface area (Å²) in [5.74, 6) is -0.0520. The highest BCUT2D eigenvalue weighted by atomic mass is 79.9. The van der Waals surface area contributed by atoms with E-state index in [-0.39, 0.29) is 5.91 Å². The number of thiophene rings is 1. The predicted octanol–water partition coefficient (Wildman–Crippen LogP) is 3.09. The average Bonchev–Trinajstić information content (AvgIpc) is 2.81. The Morgan fingerprint density at radius 2 is 2.29 bits per heavy atom. The molecule has 5 heteroatoms. The van der Waals surface area contributed by atoms with E-state index >= 15 is 0 Å². The maximum atomic E-state index is 11.9. The lowest BCUT2D eigenvalue weighted by molar-refractivity contribution is 0.0943. The van der Waals surface area contributed by atoms with Gasteiger partial charge in [-0.05, 0) is 50.8 Å². The fraction of sp³-hybridized carbons (Fsp3) is 0.250. The monoisotopic (exact) mass is 312 g/mol. The van der Waals surface area contributed by atoms with Crippen molar-refractivity contribution >= 4 is 33.2 Å². The molecule has 0 aliphatic heterocycles. The zero-order valence-corrected chi connectivity index (χ0v) is 12.1. The maximum Gasteiger partial charge on any atom is 0.268 e. The lowest BCUT2D eigenvalue weighted by atomic mass is 10.2. The van der Waals surface area contributed by atoms with Crippen LogP contribution in [0.4, 0.5) is 0 Å². The first kappa shape index (κ1) is 12.4. The highest BCUT2D eigenvalue weighted by molar-refractivity contribution is 9.10. The quantitative estimate of drug-likeness (QED) is 0.928. The molecule has 0 aliphatic carbocycles. The number of aryl methyl sites for hydroxylation is 2. The number of nitrogens with one attached hydrogen (secondary N) is 1. The van der Waals surface area contributed by atoms with Gasteiger partial charge in [-0.15, -0.1) is 0 Å². The van der Waals surface area contributed by atoms with Crippen molar-refractivity contribution in [2.45, 2.75) is 13.5 Å². The molecule has 2 heterocycles. The number of hydrogen-bond donors (Lipinski definition) is 1. The number of amides is 1. The van der Waals surface area contributed by atoms with Crippen LogP contribution in [0.25, 0.3) is 0 Å². The Bertz CT molecular complexity index is 544. The second-order valence-corrected chi connectivity index (χ2v) is 5.58. The van der Waals surface area contributed by atoms with Gasteiger partial charge in [0.2, 0.25) is 0 Å². The molecule has 17 heavy (non-hydrogen) atoms. The number of carbonyl (C=O) groups is 1. The lowest BCUT2D eigenvalue weighted by Crippen LogP contribution is -2.24. The average molecular weight is 313 g/mol. The Morgan fingerprint density at radius 3 is 2.82 bits per heavy atom. The van der Waals surface area contributed by atoms with E-state index in [0.29, 0.717) is 12.2 Å². The number of halogens is 1. The molecule has 1 N–H and O–H groups in total. The summed E-state index contributed by atoms with van der Waals surface area (Å²) < 4.78 is 2.72. The standard InChI is InChI=1S/C12H13BrN2OS/c1-8-6-17-7-9(8)4-14-12(16)11-3-10(13)5-15(11)2/h3,5-7H,4H2,1-2H3,(H,14,16). The lowest BCUT2D eigenvalue weighted by Gasteiger charge is -2.05. The Labute approximate surface area is 113 Å². The molecular formula is C12H13BrN2OS. The molecule has 0 radical (unpaired) electrons. The van der Waals surface area contributed by atoms with Crippen molar-refractivity contribution in [1.82, 2.24) is 9.88 Å². The van der Waals surface area contributed by atoms with Crippen molar-refractivity contribution in [2.24, 2.45) is 7.05 Å². The van der Waals surface area contributed by atoms with Crippen LogP contribution in [-0.4, -0.2) is 10.5 Å². The van der Waals surface area contributed by atoms with E-state index in [4.69, 9.17) is 0 Å². The highest BCUT2D eigenvalue weighted by Crippen LogP contribution is 2.15. The van der Waals surface area contributed by atoms with Crippen LogP contribution in [0.2, 0.25) is 0 Å². The SMILES string of the molecule is Cc1cscc1CNC(=O)c1cc(Br)cn1C. The third kappa shape index (κ3) is 2.79. The number of rotatable bonds is 3. The zero-order valence-electron chi connectivity index (χ0n) is 9.66. The molecule has 0 aromatic carbocycles. The third-order valence-electron chi connectivity index (χ3n) is 2.61. The largest absolute Gasteiger partial charge is 0.347 e. The van der Waals surface area contributed by atoms with E-state index in [0.717, 1.165) is 4.47 Å². The van der Waals surface area contributed by atoms with E-state index < -0.39 is 0 Å². The van der Waals surface area contributed by atoms with Crippen LogP contribution in [0.3, 0.4) is 0 Å². The molecule has 90 valence electrons. The maximum absolute atomic E-state index is 11.9. The molecule has 3 nitrogen and oxygen atoms in total. The van der Waals surface area contributed by atoms with Crippen molar-refractivity contribution in [2.75, 3.05) is 0 Å². The van der Waals surface area contributed by atoms with Crippen LogP contribution in [0.1, 0.15) is 21.6 Å². The van der Waals surface area contributed by atoms with Crippen LogP contribution >= 0.6 is 27.3 Å². The summed E-state index contributed by atoms with van der Waals surface area (Å²) in [7, 11) is 1.86. The van der Waals surface area contributed by atoms with E-state index in [9.17, 15) is 4.79 Å². The fourth-order valence-electron chi connectivity index (χ4n) is 1.58. The van der Waals surface area contributed by atoms with Crippen molar-refractivity contribution < 1.29 is 4.79 Å². The van der Waals surface area contributed by atoms with Crippen LogP contribution in [0.15, 0.2) is 27.5 Å². The minimum atomic E-state index is -0.0520. The van der Waals surface area contributed by atoms with Crippen molar-refractivity contribution in [3.05, 3.63) is 44.3 Å². The molecule has 0 bridgehead atoms. The second-order valence-electron chi connectivity index (χ2n) is 3.92. The summed E-state index contributed by atoms with van der Waals surface area (Å²) in [4.78, 5) is 11.9. The molecule has 0 fully saturated rings. The summed E-state index contributed by atoms with van der Waals surface area (Å²) >= 11 is 5.01. The van der Waals surface area contributed by atoms with E-state index in [1.54, 1.807) is 15.9 Å². The second kappa shape index (κ2) is 5.06. The molecule has 0 saturated carbocycles. The van der Waals surface area contributed by atoms with Gasteiger partial charge < -0.3 is 9.88 Å². The van der Waals surface area contributed by atoms with Gasteiger partial charge in [0.05, 0.1) is 0 Å². The Morgan fingerprint density at radius 1 is 1.53 bits per heavy atom. The van der Waals surface area contributed by atoms with Crippen LogP contribution in [0.5, 0.6) is 0 Å². The normalized spacial score (nSPS) is 10.5. The fourth-order valence-corrected chi connectivity index (χ4v) is 2.96. The summed E-state index contributed by atoms with van der Waals surface area (Å²) in [6.07, 6.45) is 1.87. The van der Waals surface area contributed by atoms with Gasteiger partial charge in [-0.3, -0.25) is 4.79 Å². The molecule has 2 aromatic heterocycles. The Hall–Kier alpha value is -1.07. The molecule has 0 spiro atoms. The molecule has 0 saturated heterocycles. The Kier molecular flexibility index (Phi) is 3.69. The van der Waals surface area contributed by atoms with E-state index in [1.165, 1.54) is 11.1 Å². The van der Waals surface area contributed by atoms with Gasteiger partial charge in [0, 0.05) is 24.3 Å². The number of carbonyl (C=O) groups excluding carboxylic acids is 1. The first-order valence-electron chi connectivity index (χ1n) is 5.19. The predicted molar refractivity (Wildman–Crippen MR) is 73.3 cm³/mol. The number of hydrogen-bond acceptors (Lipinski definition) is 2. The zero-order chi connectivity index (χ0) is 12.4. The third-order valence-corrected chi connectivity index (χ3v) is 3.95. The summed E-state index contributed by atoms with van der Waals surface area (Å²) in [5.41, 5.74) is 3.06. The first-order chi connectivity index (χ1) is 8.08. The topological polar surface area (TPSA) is 34.0 Å². The molecule has 2 rings (SSSR count). The molecular weight excluding hydrogens is 300 g/mol. The summed E-state index contributed by atoms with van der Waals surface area (Å²) in [6, 6.07) is 1.82. The van der Waals surface area contributed by atoms with Gasteiger partial charge in [0.1, 0.15) is 5.69 Å². The van der Waals surface area contributed by atoms with Gasteiger partial charge in [-0.2, -0.15) is 11.3 Å². The van der Waals surface area contributed by atoms with E-state index in [1.807, 2.05) is 19.3 Å². The van der Waals surface area contributed by atoms with Gasteiger partial charge >= 0.3 is 0 Å². The van der Waals surface area contributed by atoms with Crippen molar-refractivity contribution in [3.63, 3.8) is 0 Å². The molecule has 0 unspecified atom stereocenters. The minimum absolute atomic E-state index is 0.0520. The van der Waals surface area contributed by atoms with Gasteiger partial charge in [0.25, 0.3) is 5.91 Å². The smallest absolute Gasteiger partial charge is 0.268 e. The van der Waals surface area contributed by atoms with E-state index in [2.05, 4.69) is 38.9 Å². The molecule has 2 aromatic rings.